The van der Waals surface area contributed by atoms with E-state index in [4.69, 9.17) is 0 Å². The Morgan fingerprint density at radius 1 is 0.933 bits per heavy atom. The molecule has 0 rings (SSSR count). The Morgan fingerprint density at radius 3 is 1.67 bits per heavy atom. The Kier molecular flexibility index (Phi) is 9.37. The summed E-state index contributed by atoms with van der Waals surface area (Å²) in [6, 6.07) is 0. The summed E-state index contributed by atoms with van der Waals surface area (Å²) in [7, 11) is -3.77. The van der Waals surface area contributed by atoms with Gasteiger partial charge in [0.05, 0.1) is 0 Å². The van der Waals surface area contributed by atoms with E-state index in [2.05, 4.69) is 24.0 Å². The number of hydrogen-bond acceptors (Lipinski definition) is 1. The maximum absolute atomic E-state index is 13.3. The third-order valence-corrected chi connectivity index (χ3v) is 3.45. The molecule has 0 spiro atoms. The zero-order chi connectivity index (χ0) is 11.6. The average molecular weight is 238 g/mol. The van der Waals surface area contributed by atoms with Crippen LogP contribution < -0.4 is 10.2 Å². The highest BCUT2D eigenvalue weighted by Gasteiger charge is 2.17. The molecule has 0 aromatic rings. The lowest BCUT2D eigenvalue weighted by Crippen LogP contribution is -2.21. The fraction of sp³-hybridized carbons (Fsp3) is 1.00. The smallest absolute Gasteiger partial charge is 0.251 e. The fourth-order valence-electron chi connectivity index (χ4n) is 1.25. The minimum Gasteiger partial charge on any atom is -0.251 e. The normalized spacial score (nSPS) is 11.9. The van der Waals surface area contributed by atoms with Gasteiger partial charge in [-0.15, -0.1) is 0 Å². The number of rotatable bonds is 10. The lowest BCUT2D eigenvalue weighted by molar-refractivity contribution is 0.504. The summed E-state index contributed by atoms with van der Waals surface area (Å²) in [5, 5.41) is 4.90. The van der Waals surface area contributed by atoms with Crippen LogP contribution in [-0.4, -0.2) is 13.1 Å². The Balaban J connectivity index is 3.45. The fourth-order valence-corrected chi connectivity index (χ4v) is 2.25. The van der Waals surface area contributed by atoms with Crippen LogP contribution in [0.3, 0.4) is 0 Å². The largest absolute Gasteiger partial charge is 0.377 e. The molecular formula is C10H24FN2OP. The van der Waals surface area contributed by atoms with Crippen molar-refractivity contribution in [3.8, 4) is 0 Å². The predicted octanol–water partition coefficient (Wildman–Crippen LogP) is 3.62. The first-order valence-corrected chi connectivity index (χ1v) is 7.52. The maximum atomic E-state index is 13.3. The number of halogens is 1. The second kappa shape index (κ2) is 9.32. The summed E-state index contributed by atoms with van der Waals surface area (Å²) in [5.74, 6) is 0. The first kappa shape index (κ1) is 15.1. The molecular weight excluding hydrogens is 214 g/mol. The number of hydrogen-bond donors (Lipinski definition) is 2. The molecule has 15 heavy (non-hydrogen) atoms. The van der Waals surface area contributed by atoms with Crippen molar-refractivity contribution in [3.63, 3.8) is 0 Å². The van der Waals surface area contributed by atoms with Gasteiger partial charge in [-0.05, 0) is 12.8 Å². The number of unbranched alkanes of at least 4 members (excludes halogenated alkanes) is 4. The van der Waals surface area contributed by atoms with Crippen molar-refractivity contribution >= 4 is 7.75 Å². The standard InChI is InChI=1S/C10H24FN2OP/c1-3-5-7-9-12-15(11,14)13-10-8-6-4-2/h3-10H2,1-2H3,(H2,12,13,14). The molecule has 0 aromatic heterocycles. The molecule has 0 unspecified atom stereocenters. The van der Waals surface area contributed by atoms with Crippen molar-refractivity contribution in [3.05, 3.63) is 0 Å². The van der Waals surface area contributed by atoms with Crippen molar-refractivity contribution in [2.75, 3.05) is 13.1 Å². The highest BCUT2D eigenvalue weighted by Crippen LogP contribution is 2.36. The van der Waals surface area contributed by atoms with E-state index in [9.17, 15) is 8.76 Å². The molecule has 0 amide bonds. The lowest BCUT2D eigenvalue weighted by Gasteiger charge is -2.11. The Morgan fingerprint density at radius 2 is 1.33 bits per heavy atom. The van der Waals surface area contributed by atoms with Crippen LogP contribution in [0.15, 0.2) is 0 Å². The van der Waals surface area contributed by atoms with Gasteiger partial charge in [0.2, 0.25) is 0 Å². The molecule has 0 aromatic carbocycles. The van der Waals surface area contributed by atoms with E-state index in [1.54, 1.807) is 0 Å². The summed E-state index contributed by atoms with van der Waals surface area (Å²) in [6.45, 7) is 5.14. The molecule has 5 heteroatoms. The Bertz CT molecular complexity index is 174. The summed E-state index contributed by atoms with van der Waals surface area (Å²) in [4.78, 5) is 0. The quantitative estimate of drug-likeness (QED) is 0.451. The molecule has 0 saturated heterocycles. The van der Waals surface area contributed by atoms with Crippen molar-refractivity contribution in [1.29, 1.82) is 0 Å². The topological polar surface area (TPSA) is 41.1 Å². The summed E-state index contributed by atoms with van der Waals surface area (Å²) >= 11 is 0. The Hall–Kier alpha value is 0.0800. The summed E-state index contributed by atoms with van der Waals surface area (Å²) in [6.07, 6.45) is 6.01. The molecule has 0 atom stereocenters. The first-order valence-electron chi connectivity index (χ1n) is 5.92. The number of nitrogens with one attached hydrogen (secondary N) is 2. The second-order valence-corrected chi connectivity index (χ2v) is 5.46. The molecule has 0 saturated carbocycles. The van der Waals surface area contributed by atoms with Gasteiger partial charge in [-0.2, -0.15) is 4.20 Å². The minimum absolute atomic E-state index is 0.488. The van der Waals surface area contributed by atoms with Gasteiger partial charge in [0.15, 0.2) is 0 Å². The molecule has 2 N–H and O–H groups in total. The lowest BCUT2D eigenvalue weighted by atomic mass is 10.3. The van der Waals surface area contributed by atoms with Crippen LogP contribution in [0.25, 0.3) is 0 Å². The summed E-state index contributed by atoms with van der Waals surface area (Å²) < 4.78 is 24.5. The molecule has 3 nitrogen and oxygen atoms in total. The van der Waals surface area contributed by atoms with Crippen molar-refractivity contribution in [2.24, 2.45) is 0 Å². The molecule has 0 aliphatic rings. The van der Waals surface area contributed by atoms with E-state index in [1.165, 1.54) is 0 Å². The Labute approximate surface area is 92.8 Å². The molecule has 92 valence electrons. The zero-order valence-electron chi connectivity index (χ0n) is 9.89. The van der Waals surface area contributed by atoms with Gasteiger partial charge >= 0.3 is 7.75 Å². The molecule has 0 heterocycles. The molecule has 0 aliphatic heterocycles. The average Bonchev–Trinajstić information content (AvgIpc) is 2.20. The first-order chi connectivity index (χ1) is 7.12. The van der Waals surface area contributed by atoms with Crippen LogP contribution in [0.1, 0.15) is 52.4 Å². The SMILES string of the molecule is CCCCCNP(=O)(F)NCCCCC. The van der Waals surface area contributed by atoms with Crippen LogP contribution in [0.5, 0.6) is 0 Å². The molecule has 0 bridgehead atoms. The van der Waals surface area contributed by atoms with Gasteiger partial charge in [-0.25, -0.2) is 10.2 Å². The van der Waals surface area contributed by atoms with Gasteiger partial charge in [-0.1, -0.05) is 39.5 Å². The third-order valence-electron chi connectivity index (χ3n) is 2.19. The van der Waals surface area contributed by atoms with Crippen molar-refractivity contribution in [1.82, 2.24) is 10.2 Å². The predicted molar refractivity (Wildman–Crippen MR) is 63.8 cm³/mol. The highest BCUT2D eigenvalue weighted by molar-refractivity contribution is 7.54. The second-order valence-electron chi connectivity index (χ2n) is 3.76. The molecule has 0 fully saturated rings. The molecule has 0 aliphatic carbocycles. The van der Waals surface area contributed by atoms with Gasteiger partial charge in [0.25, 0.3) is 0 Å². The highest BCUT2D eigenvalue weighted by atomic mass is 31.2. The van der Waals surface area contributed by atoms with E-state index in [-0.39, 0.29) is 0 Å². The van der Waals surface area contributed by atoms with E-state index in [0.717, 1.165) is 38.5 Å². The van der Waals surface area contributed by atoms with Gasteiger partial charge < -0.3 is 0 Å². The van der Waals surface area contributed by atoms with Crippen LogP contribution in [0.4, 0.5) is 4.20 Å². The van der Waals surface area contributed by atoms with Crippen LogP contribution in [0, 0.1) is 0 Å². The van der Waals surface area contributed by atoms with E-state index in [0.29, 0.717) is 13.1 Å². The van der Waals surface area contributed by atoms with Crippen molar-refractivity contribution in [2.45, 2.75) is 52.4 Å². The maximum Gasteiger partial charge on any atom is 0.377 e. The van der Waals surface area contributed by atoms with Crippen LogP contribution >= 0.6 is 7.75 Å². The summed E-state index contributed by atoms with van der Waals surface area (Å²) in [5.41, 5.74) is 0. The van der Waals surface area contributed by atoms with Gasteiger partial charge in [0.1, 0.15) is 0 Å². The van der Waals surface area contributed by atoms with Crippen molar-refractivity contribution < 1.29 is 8.76 Å². The van der Waals surface area contributed by atoms with E-state index < -0.39 is 7.75 Å². The van der Waals surface area contributed by atoms with Crippen LogP contribution in [0.2, 0.25) is 0 Å². The minimum atomic E-state index is -3.77. The molecule has 0 radical (unpaired) electrons. The van der Waals surface area contributed by atoms with E-state index >= 15 is 0 Å². The van der Waals surface area contributed by atoms with Gasteiger partial charge in [0, 0.05) is 13.1 Å². The zero-order valence-corrected chi connectivity index (χ0v) is 10.8. The third kappa shape index (κ3) is 10.4. The van der Waals surface area contributed by atoms with Gasteiger partial charge in [-0.3, -0.25) is 4.57 Å². The van der Waals surface area contributed by atoms with Crippen LogP contribution in [-0.2, 0) is 4.57 Å². The van der Waals surface area contributed by atoms with E-state index in [1.807, 2.05) is 0 Å². The monoisotopic (exact) mass is 238 g/mol.